The molecule has 2 N–H and O–H groups in total. The van der Waals surface area contributed by atoms with Crippen LogP contribution < -0.4 is 20.1 Å². The first kappa shape index (κ1) is 22.4. The number of nitrogens with one attached hydrogen (secondary N) is 2. The molecule has 0 radical (unpaired) electrons. The van der Waals surface area contributed by atoms with Crippen molar-refractivity contribution in [1.82, 2.24) is 15.5 Å². The number of nitrogens with zero attached hydrogens (tertiary/aromatic N) is 1. The first-order chi connectivity index (χ1) is 16.1. The van der Waals surface area contributed by atoms with Crippen LogP contribution in [0.1, 0.15) is 33.6 Å². The molecule has 2 aliphatic heterocycles. The average Bonchev–Trinajstić information content (AvgIpc) is 3.34. The molecule has 8 nitrogen and oxygen atoms in total. The summed E-state index contributed by atoms with van der Waals surface area (Å²) in [7, 11) is 0. The van der Waals surface area contributed by atoms with Gasteiger partial charge in [0.1, 0.15) is 6.04 Å². The predicted octanol–water partition coefficient (Wildman–Crippen LogP) is 2.37. The van der Waals surface area contributed by atoms with Crippen molar-refractivity contribution in [2.45, 2.75) is 18.9 Å². The van der Waals surface area contributed by atoms with Gasteiger partial charge in [0, 0.05) is 30.8 Å². The van der Waals surface area contributed by atoms with Crippen LogP contribution in [0.25, 0.3) is 0 Å². The molecule has 8 heteroatoms. The molecular formula is C25H27N3O5. The molecule has 0 aliphatic carbocycles. The molecule has 172 valence electrons. The standard InChI is InChI=1S/C25H27N3O5/c1-2-12-26-24(30)22(27-23(29)18-6-4-3-5-7-18)17-10-13-28(14-11-17)25(31)19-8-9-20-21(15-19)33-16-32-20/h2-9,15,17,22H,1,10-14,16H2,(H,26,30)(H,27,29)/t22-/m0/s1. The first-order valence-corrected chi connectivity index (χ1v) is 11.0. The molecule has 1 atom stereocenters. The van der Waals surface area contributed by atoms with E-state index in [-0.39, 0.29) is 30.4 Å². The summed E-state index contributed by atoms with van der Waals surface area (Å²) in [5.41, 5.74) is 1.03. The molecule has 2 heterocycles. The smallest absolute Gasteiger partial charge is 0.253 e. The van der Waals surface area contributed by atoms with Crippen molar-refractivity contribution in [3.63, 3.8) is 0 Å². The van der Waals surface area contributed by atoms with E-state index in [2.05, 4.69) is 17.2 Å². The minimum atomic E-state index is -0.694. The van der Waals surface area contributed by atoms with E-state index in [4.69, 9.17) is 9.47 Å². The Morgan fingerprint density at radius 3 is 2.48 bits per heavy atom. The number of rotatable bonds is 7. The number of amides is 3. The van der Waals surface area contributed by atoms with Crippen molar-refractivity contribution in [2.24, 2.45) is 5.92 Å². The van der Waals surface area contributed by atoms with Crippen molar-refractivity contribution < 1.29 is 23.9 Å². The van der Waals surface area contributed by atoms with Crippen molar-refractivity contribution in [1.29, 1.82) is 0 Å². The fourth-order valence-corrected chi connectivity index (χ4v) is 4.14. The van der Waals surface area contributed by atoms with E-state index in [9.17, 15) is 14.4 Å². The van der Waals surface area contributed by atoms with Crippen LogP contribution in [0.5, 0.6) is 11.5 Å². The van der Waals surface area contributed by atoms with Crippen molar-refractivity contribution in [3.05, 3.63) is 72.3 Å². The lowest BCUT2D eigenvalue weighted by atomic mass is 9.88. The van der Waals surface area contributed by atoms with Crippen LogP contribution in [-0.4, -0.2) is 55.1 Å². The molecule has 0 aromatic heterocycles. The largest absolute Gasteiger partial charge is 0.454 e. The Morgan fingerprint density at radius 1 is 1.03 bits per heavy atom. The summed E-state index contributed by atoms with van der Waals surface area (Å²) < 4.78 is 10.7. The number of fused-ring (bicyclic) bond motifs is 1. The number of piperidine rings is 1. The van der Waals surface area contributed by atoms with Crippen molar-refractivity contribution in [3.8, 4) is 11.5 Å². The molecule has 2 aliphatic rings. The Hall–Kier alpha value is -3.81. The normalized spacial score (nSPS) is 16.1. The summed E-state index contributed by atoms with van der Waals surface area (Å²) >= 11 is 0. The second-order valence-corrected chi connectivity index (χ2v) is 8.05. The van der Waals surface area contributed by atoms with E-state index < -0.39 is 6.04 Å². The molecule has 0 bridgehead atoms. The zero-order chi connectivity index (χ0) is 23.2. The quantitative estimate of drug-likeness (QED) is 0.633. The van der Waals surface area contributed by atoms with Gasteiger partial charge in [-0.15, -0.1) is 6.58 Å². The summed E-state index contributed by atoms with van der Waals surface area (Å²) in [5, 5.41) is 5.69. The van der Waals surface area contributed by atoms with Gasteiger partial charge in [-0.25, -0.2) is 0 Å². The number of carbonyl (C=O) groups is 3. The van der Waals surface area contributed by atoms with E-state index in [0.29, 0.717) is 55.1 Å². The molecule has 0 unspecified atom stereocenters. The first-order valence-electron chi connectivity index (χ1n) is 11.0. The SMILES string of the molecule is C=CCNC(=O)[C@@H](NC(=O)c1ccccc1)C1CCN(C(=O)c2ccc3c(c2)OCO3)CC1. The van der Waals surface area contributed by atoms with Crippen LogP contribution in [0.15, 0.2) is 61.2 Å². The number of benzene rings is 2. The predicted molar refractivity (Wildman–Crippen MR) is 122 cm³/mol. The molecule has 0 saturated carbocycles. The number of ether oxygens (including phenoxy) is 2. The van der Waals surface area contributed by atoms with E-state index in [0.717, 1.165) is 0 Å². The maximum Gasteiger partial charge on any atom is 0.253 e. The molecule has 33 heavy (non-hydrogen) atoms. The monoisotopic (exact) mass is 449 g/mol. The van der Waals surface area contributed by atoms with E-state index in [1.54, 1.807) is 53.4 Å². The topological polar surface area (TPSA) is 97.0 Å². The summed E-state index contributed by atoms with van der Waals surface area (Å²) in [6.45, 7) is 5.08. The van der Waals surface area contributed by atoms with Gasteiger partial charge in [0.05, 0.1) is 0 Å². The maximum atomic E-state index is 13.0. The molecule has 2 aromatic carbocycles. The van der Waals surface area contributed by atoms with E-state index >= 15 is 0 Å². The fourth-order valence-electron chi connectivity index (χ4n) is 4.14. The minimum absolute atomic E-state index is 0.0901. The third-order valence-electron chi connectivity index (χ3n) is 5.94. The molecule has 1 saturated heterocycles. The van der Waals surface area contributed by atoms with Crippen LogP contribution in [-0.2, 0) is 4.79 Å². The van der Waals surface area contributed by atoms with Crippen LogP contribution in [0, 0.1) is 5.92 Å². The lowest BCUT2D eigenvalue weighted by Crippen LogP contribution is -2.53. The Bertz CT molecular complexity index is 1030. The van der Waals surface area contributed by atoms with Crippen LogP contribution >= 0.6 is 0 Å². The highest BCUT2D eigenvalue weighted by molar-refractivity contribution is 5.98. The second kappa shape index (κ2) is 10.2. The van der Waals surface area contributed by atoms with Crippen molar-refractivity contribution >= 4 is 17.7 Å². The highest BCUT2D eigenvalue weighted by atomic mass is 16.7. The van der Waals surface area contributed by atoms with Crippen LogP contribution in [0.4, 0.5) is 0 Å². The van der Waals surface area contributed by atoms with E-state index in [1.165, 1.54) is 0 Å². The van der Waals surface area contributed by atoms with Gasteiger partial charge in [-0.1, -0.05) is 24.3 Å². The summed E-state index contributed by atoms with van der Waals surface area (Å²) in [6, 6.07) is 13.3. The van der Waals surface area contributed by atoms with Gasteiger partial charge in [-0.3, -0.25) is 14.4 Å². The molecule has 3 amide bonds. The van der Waals surface area contributed by atoms with Crippen LogP contribution in [0.3, 0.4) is 0 Å². The zero-order valence-corrected chi connectivity index (χ0v) is 18.3. The Balaban J connectivity index is 1.41. The molecular weight excluding hydrogens is 422 g/mol. The Morgan fingerprint density at radius 2 is 1.76 bits per heavy atom. The number of likely N-dealkylation sites (tertiary alicyclic amines) is 1. The average molecular weight is 450 g/mol. The highest BCUT2D eigenvalue weighted by Crippen LogP contribution is 2.33. The van der Waals surface area contributed by atoms with Gasteiger partial charge in [0.15, 0.2) is 11.5 Å². The Kier molecular flexibility index (Phi) is 6.92. The van der Waals surface area contributed by atoms with Gasteiger partial charge < -0.3 is 25.0 Å². The van der Waals surface area contributed by atoms with Gasteiger partial charge in [-0.2, -0.15) is 0 Å². The lowest BCUT2D eigenvalue weighted by molar-refractivity contribution is -0.124. The minimum Gasteiger partial charge on any atom is -0.454 e. The highest BCUT2D eigenvalue weighted by Gasteiger charge is 2.34. The Labute approximate surface area is 192 Å². The lowest BCUT2D eigenvalue weighted by Gasteiger charge is -2.35. The third kappa shape index (κ3) is 5.16. The van der Waals surface area contributed by atoms with Gasteiger partial charge >= 0.3 is 0 Å². The van der Waals surface area contributed by atoms with Gasteiger partial charge in [0.25, 0.3) is 11.8 Å². The number of carbonyl (C=O) groups excluding carboxylic acids is 3. The molecule has 4 rings (SSSR count). The number of hydrogen-bond donors (Lipinski definition) is 2. The number of hydrogen-bond acceptors (Lipinski definition) is 5. The van der Waals surface area contributed by atoms with Crippen LogP contribution in [0.2, 0.25) is 0 Å². The van der Waals surface area contributed by atoms with Gasteiger partial charge in [-0.05, 0) is 49.1 Å². The van der Waals surface area contributed by atoms with Gasteiger partial charge in [0.2, 0.25) is 12.7 Å². The molecule has 2 aromatic rings. The second-order valence-electron chi connectivity index (χ2n) is 8.05. The summed E-state index contributed by atoms with van der Waals surface area (Å²) in [6.07, 6.45) is 2.79. The maximum absolute atomic E-state index is 13.0. The third-order valence-corrected chi connectivity index (χ3v) is 5.94. The fraction of sp³-hybridized carbons (Fsp3) is 0.320. The van der Waals surface area contributed by atoms with E-state index in [1.807, 2.05) is 6.07 Å². The summed E-state index contributed by atoms with van der Waals surface area (Å²) in [5.74, 6) is 0.468. The zero-order valence-electron chi connectivity index (χ0n) is 18.3. The summed E-state index contributed by atoms with van der Waals surface area (Å²) in [4.78, 5) is 40.3. The molecule has 1 fully saturated rings. The van der Waals surface area contributed by atoms with Crippen molar-refractivity contribution in [2.75, 3.05) is 26.4 Å². The molecule has 0 spiro atoms.